The first-order valence-electron chi connectivity index (χ1n) is 7.38. The van der Waals surface area contributed by atoms with Gasteiger partial charge in [0.2, 0.25) is 5.75 Å². The van der Waals surface area contributed by atoms with Crippen LogP contribution in [0.5, 0.6) is 17.2 Å². The van der Waals surface area contributed by atoms with Crippen LogP contribution in [0.2, 0.25) is 0 Å². The smallest absolute Gasteiger partial charge is 0.337 e. The second kappa shape index (κ2) is 6.28. The normalized spacial score (nSPS) is 10.7. The summed E-state index contributed by atoms with van der Waals surface area (Å²) in [6, 6.07) is 11.3. The van der Waals surface area contributed by atoms with Crippen LogP contribution in [0.15, 0.2) is 36.4 Å². The first-order valence-corrected chi connectivity index (χ1v) is 7.38. The summed E-state index contributed by atoms with van der Waals surface area (Å²) in [5.74, 6) is 1.40. The van der Waals surface area contributed by atoms with E-state index in [1.165, 1.54) is 7.11 Å². The van der Waals surface area contributed by atoms with Gasteiger partial charge in [-0.1, -0.05) is 12.1 Å². The summed E-state index contributed by atoms with van der Waals surface area (Å²) < 4.78 is 21.2. The molecule has 0 aliphatic carbocycles. The van der Waals surface area contributed by atoms with Crippen molar-refractivity contribution < 1.29 is 23.7 Å². The predicted molar refractivity (Wildman–Crippen MR) is 92.4 cm³/mol. The first kappa shape index (κ1) is 15.9. The number of fused-ring (bicyclic) bond motifs is 3. The van der Waals surface area contributed by atoms with Crippen LogP contribution in [0, 0.1) is 0 Å². The van der Waals surface area contributed by atoms with Crippen LogP contribution in [-0.2, 0) is 4.74 Å². The lowest BCUT2D eigenvalue weighted by atomic mass is 9.99. The predicted octanol–water partition coefficient (Wildman–Crippen LogP) is 3.81. The number of rotatable bonds is 4. The number of carbonyl (C=O) groups excluding carboxylic acids is 1. The summed E-state index contributed by atoms with van der Waals surface area (Å²) in [6.45, 7) is 0. The largest absolute Gasteiger partial charge is 0.493 e. The number of esters is 1. The van der Waals surface area contributed by atoms with E-state index in [9.17, 15) is 4.79 Å². The lowest BCUT2D eigenvalue weighted by Crippen LogP contribution is -2.00. The van der Waals surface area contributed by atoms with Crippen molar-refractivity contribution in [3.05, 3.63) is 42.0 Å². The average Bonchev–Trinajstić information content (AvgIpc) is 2.64. The number of hydrogen-bond acceptors (Lipinski definition) is 5. The molecule has 0 spiro atoms. The molecule has 0 saturated carbocycles. The van der Waals surface area contributed by atoms with Gasteiger partial charge in [-0.05, 0) is 40.4 Å². The Kier molecular flexibility index (Phi) is 4.16. The van der Waals surface area contributed by atoms with Crippen LogP contribution < -0.4 is 14.2 Å². The fourth-order valence-corrected chi connectivity index (χ4v) is 2.93. The lowest BCUT2D eigenvalue weighted by Gasteiger charge is -2.16. The molecule has 0 radical (unpaired) electrons. The summed E-state index contributed by atoms with van der Waals surface area (Å²) in [4.78, 5) is 11.7. The molecule has 0 aromatic heterocycles. The van der Waals surface area contributed by atoms with Crippen molar-refractivity contribution in [2.24, 2.45) is 0 Å². The summed E-state index contributed by atoms with van der Waals surface area (Å²) in [5.41, 5.74) is 0.511. The molecular formula is C19H18O5. The van der Waals surface area contributed by atoms with Gasteiger partial charge in [-0.3, -0.25) is 0 Å². The highest BCUT2D eigenvalue weighted by atomic mass is 16.5. The van der Waals surface area contributed by atoms with E-state index in [4.69, 9.17) is 18.9 Å². The fourth-order valence-electron chi connectivity index (χ4n) is 2.93. The highest BCUT2D eigenvalue weighted by molar-refractivity contribution is 6.12. The van der Waals surface area contributed by atoms with Gasteiger partial charge in [0.1, 0.15) is 0 Å². The highest BCUT2D eigenvalue weighted by Crippen LogP contribution is 2.45. The standard InChI is InChI=1S/C19H18O5/c1-21-16-10-15-13-7-6-12(19(20)24-4)9-11(13)5-8-14(15)17(22-2)18(16)23-3/h5-10H,1-4H3. The Balaban J connectivity index is 2.36. The summed E-state index contributed by atoms with van der Waals surface area (Å²) in [5, 5.41) is 3.78. The molecule has 0 unspecified atom stereocenters. The quantitative estimate of drug-likeness (QED) is 0.539. The van der Waals surface area contributed by atoms with Crippen LogP contribution in [0.3, 0.4) is 0 Å². The number of ether oxygens (including phenoxy) is 4. The molecule has 5 nitrogen and oxygen atoms in total. The molecule has 0 saturated heterocycles. The van der Waals surface area contributed by atoms with Gasteiger partial charge in [0.25, 0.3) is 0 Å². The molecule has 3 aromatic carbocycles. The molecule has 0 aliphatic heterocycles. The number of methoxy groups -OCH3 is 4. The Morgan fingerprint density at radius 1 is 0.750 bits per heavy atom. The van der Waals surface area contributed by atoms with Crippen molar-refractivity contribution in [2.75, 3.05) is 28.4 Å². The Hall–Kier alpha value is -2.95. The van der Waals surface area contributed by atoms with Crippen molar-refractivity contribution in [3.8, 4) is 17.2 Å². The topological polar surface area (TPSA) is 54.0 Å². The van der Waals surface area contributed by atoms with Gasteiger partial charge in [-0.25, -0.2) is 4.79 Å². The minimum atomic E-state index is -0.359. The van der Waals surface area contributed by atoms with E-state index in [1.54, 1.807) is 27.4 Å². The monoisotopic (exact) mass is 326 g/mol. The first-order chi connectivity index (χ1) is 11.6. The number of carbonyl (C=O) groups is 1. The molecule has 0 bridgehead atoms. The zero-order valence-electron chi connectivity index (χ0n) is 14.0. The maximum atomic E-state index is 11.7. The van der Waals surface area contributed by atoms with Crippen molar-refractivity contribution in [3.63, 3.8) is 0 Å². The molecule has 24 heavy (non-hydrogen) atoms. The Morgan fingerprint density at radius 3 is 2.08 bits per heavy atom. The van der Waals surface area contributed by atoms with Crippen LogP contribution in [0.4, 0.5) is 0 Å². The third kappa shape index (κ3) is 2.38. The molecule has 0 fully saturated rings. The molecule has 0 amide bonds. The zero-order valence-corrected chi connectivity index (χ0v) is 14.0. The molecule has 3 aromatic rings. The fraction of sp³-hybridized carbons (Fsp3) is 0.211. The van der Waals surface area contributed by atoms with Crippen LogP contribution in [0.1, 0.15) is 10.4 Å². The van der Waals surface area contributed by atoms with E-state index in [0.29, 0.717) is 22.8 Å². The van der Waals surface area contributed by atoms with Gasteiger partial charge in [-0.15, -0.1) is 0 Å². The average molecular weight is 326 g/mol. The summed E-state index contributed by atoms with van der Waals surface area (Å²) in [7, 11) is 6.13. The minimum absolute atomic E-state index is 0.359. The van der Waals surface area contributed by atoms with Crippen LogP contribution in [0.25, 0.3) is 21.5 Å². The number of hydrogen-bond donors (Lipinski definition) is 0. The van der Waals surface area contributed by atoms with Crippen molar-refractivity contribution in [2.45, 2.75) is 0 Å². The molecule has 0 aliphatic rings. The Morgan fingerprint density at radius 2 is 1.46 bits per heavy atom. The van der Waals surface area contributed by atoms with Crippen molar-refractivity contribution in [1.29, 1.82) is 0 Å². The summed E-state index contributed by atoms with van der Waals surface area (Å²) in [6.07, 6.45) is 0. The molecule has 0 N–H and O–H groups in total. The van der Waals surface area contributed by atoms with Crippen molar-refractivity contribution >= 4 is 27.5 Å². The highest BCUT2D eigenvalue weighted by Gasteiger charge is 2.17. The van der Waals surface area contributed by atoms with Crippen LogP contribution in [-0.4, -0.2) is 34.4 Å². The van der Waals surface area contributed by atoms with E-state index < -0.39 is 0 Å². The lowest BCUT2D eigenvalue weighted by molar-refractivity contribution is 0.0601. The molecule has 5 heteroatoms. The van der Waals surface area contributed by atoms with Gasteiger partial charge < -0.3 is 18.9 Å². The maximum Gasteiger partial charge on any atom is 0.337 e. The third-order valence-electron chi connectivity index (χ3n) is 4.06. The molecule has 0 heterocycles. The van der Waals surface area contributed by atoms with Gasteiger partial charge in [0.15, 0.2) is 11.5 Å². The third-order valence-corrected chi connectivity index (χ3v) is 4.06. The zero-order chi connectivity index (χ0) is 17.3. The van der Waals surface area contributed by atoms with Gasteiger partial charge in [0.05, 0.1) is 34.0 Å². The van der Waals surface area contributed by atoms with Crippen molar-refractivity contribution in [1.82, 2.24) is 0 Å². The minimum Gasteiger partial charge on any atom is -0.493 e. The molecule has 0 atom stereocenters. The Bertz CT molecular complexity index is 930. The molecule has 124 valence electrons. The maximum absolute atomic E-state index is 11.7. The SMILES string of the molecule is COC(=O)c1ccc2c(ccc3c(OC)c(OC)c(OC)cc32)c1. The van der Waals surface area contributed by atoms with Gasteiger partial charge in [-0.2, -0.15) is 0 Å². The molecule has 3 rings (SSSR count). The second-order valence-electron chi connectivity index (χ2n) is 5.23. The van der Waals surface area contributed by atoms with E-state index >= 15 is 0 Å². The second-order valence-corrected chi connectivity index (χ2v) is 5.23. The van der Waals surface area contributed by atoms with E-state index in [0.717, 1.165) is 21.5 Å². The summed E-state index contributed by atoms with van der Waals surface area (Å²) >= 11 is 0. The molecular weight excluding hydrogens is 308 g/mol. The van der Waals surface area contributed by atoms with E-state index in [-0.39, 0.29) is 5.97 Å². The number of benzene rings is 3. The Labute approximate surface area is 139 Å². The van der Waals surface area contributed by atoms with E-state index in [2.05, 4.69) is 0 Å². The van der Waals surface area contributed by atoms with Crippen LogP contribution >= 0.6 is 0 Å². The van der Waals surface area contributed by atoms with E-state index in [1.807, 2.05) is 30.3 Å². The van der Waals surface area contributed by atoms with Gasteiger partial charge >= 0.3 is 5.97 Å². The van der Waals surface area contributed by atoms with Gasteiger partial charge in [0, 0.05) is 5.39 Å².